The summed E-state index contributed by atoms with van der Waals surface area (Å²) in [5.41, 5.74) is 2.27. The van der Waals surface area contributed by atoms with Crippen molar-refractivity contribution in [3.63, 3.8) is 0 Å². The summed E-state index contributed by atoms with van der Waals surface area (Å²) >= 11 is 6.50. The molecule has 1 fully saturated rings. The first kappa shape index (κ1) is 20.1. The van der Waals surface area contributed by atoms with Crippen LogP contribution in [-0.2, 0) is 4.79 Å². The van der Waals surface area contributed by atoms with Gasteiger partial charge in [-0.15, -0.1) is 0 Å². The fraction of sp³-hybridized carbons (Fsp3) is 0.190. The van der Waals surface area contributed by atoms with Crippen molar-refractivity contribution in [2.24, 2.45) is 0 Å². The van der Waals surface area contributed by atoms with Gasteiger partial charge in [0.15, 0.2) is 11.5 Å². The molecule has 5 nitrogen and oxygen atoms in total. The molecule has 28 heavy (non-hydrogen) atoms. The molecule has 2 aromatic carbocycles. The maximum atomic E-state index is 12.3. The Bertz CT molecular complexity index is 967. The van der Waals surface area contributed by atoms with E-state index in [0.29, 0.717) is 32.8 Å². The largest absolute Gasteiger partial charge is 0.493 e. The van der Waals surface area contributed by atoms with Crippen LogP contribution in [0.1, 0.15) is 28.4 Å². The summed E-state index contributed by atoms with van der Waals surface area (Å²) in [5.74, 6) is 0.146. The number of carbonyl (C=O) groups excluding carboxylic acids is 2. The third-order valence-corrected chi connectivity index (χ3v) is 5.54. The quantitative estimate of drug-likeness (QED) is 0.313. The number of hydrogen-bond acceptors (Lipinski definition) is 6. The minimum atomic E-state index is -0.463. The topological polar surface area (TPSA) is 55.8 Å². The smallest absolute Gasteiger partial charge is 0.343 e. The Morgan fingerprint density at radius 3 is 2.50 bits per heavy atom. The predicted octanol–water partition coefficient (Wildman–Crippen LogP) is 4.44. The van der Waals surface area contributed by atoms with Gasteiger partial charge in [0.05, 0.1) is 17.6 Å². The lowest BCUT2D eigenvalue weighted by Crippen LogP contribution is -2.27. The van der Waals surface area contributed by atoms with E-state index in [-0.39, 0.29) is 5.91 Å². The monoisotopic (exact) mass is 413 g/mol. The molecule has 2 aromatic rings. The molecule has 1 amide bonds. The molecule has 0 radical (unpaired) electrons. The Balaban J connectivity index is 1.82. The Kier molecular flexibility index (Phi) is 6.16. The Hall–Kier alpha value is -2.64. The van der Waals surface area contributed by atoms with Crippen LogP contribution >= 0.6 is 24.0 Å². The van der Waals surface area contributed by atoms with Gasteiger partial charge in [0.2, 0.25) is 0 Å². The van der Waals surface area contributed by atoms with Crippen molar-refractivity contribution in [1.82, 2.24) is 4.90 Å². The van der Waals surface area contributed by atoms with Crippen molar-refractivity contribution in [3.05, 3.63) is 64.1 Å². The van der Waals surface area contributed by atoms with Gasteiger partial charge in [-0.3, -0.25) is 9.69 Å². The van der Waals surface area contributed by atoms with E-state index in [4.69, 9.17) is 21.7 Å². The summed E-state index contributed by atoms with van der Waals surface area (Å²) < 4.78 is 11.4. The maximum absolute atomic E-state index is 12.3. The number of likely N-dealkylation sites (N-methyl/N-ethyl adjacent to an activating group) is 1. The standard InChI is InChI=1S/C21H19NO4S2/c1-4-22-19(23)18(28-21(22)27)12-14-7-10-16(17(11-14)25-3)26-20(24)15-8-5-13(2)6-9-15/h5-12H,4H2,1-3H3/b18-12+. The highest BCUT2D eigenvalue weighted by molar-refractivity contribution is 8.26. The number of carbonyl (C=O) groups is 2. The second-order valence-corrected chi connectivity index (χ2v) is 7.77. The van der Waals surface area contributed by atoms with Crippen LogP contribution in [0, 0.1) is 6.92 Å². The number of aryl methyl sites for hydroxylation is 1. The molecular weight excluding hydrogens is 394 g/mol. The number of thiocarbonyl (C=S) groups is 1. The van der Waals surface area contributed by atoms with Crippen LogP contribution in [0.3, 0.4) is 0 Å². The fourth-order valence-corrected chi connectivity index (χ4v) is 4.01. The first-order chi connectivity index (χ1) is 13.4. The Labute approximate surface area is 173 Å². The number of thioether (sulfide) groups is 1. The molecular formula is C21H19NO4S2. The molecule has 1 aliphatic heterocycles. The lowest BCUT2D eigenvalue weighted by molar-refractivity contribution is -0.121. The molecule has 0 saturated carbocycles. The van der Waals surface area contributed by atoms with E-state index in [0.717, 1.165) is 11.1 Å². The lowest BCUT2D eigenvalue weighted by Gasteiger charge is -2.11. The normalized spacial score (nSPS) is 15.2. The van der Waals surface area contributed by atoms with Crippen LogP contribution in [0.2, 0.25) is 0 Å². The third-order valence-electron chi connectivity index (χ3n) is 4.17. The van der Waals surface area contributed by atoms with Gasteiger partial charge in [0.1, 0.15) is 4.32 Å². The van der Waals surface area contributed by atoms with E-state index in [1.54, 1.807) is 41.3 Å². The highest BCUT2D eigenvalue weighted by Gasteiger charge is 2.30. The third kappa shape index (κ3) is 4.26. The summed E-state index contributed by atoms with van der Waals surface area (Å²) in [4.78, 5) is 26.8. The molecule has 0 N–H and O–H groups in total. The van der Waals surface area contributed by atoms with Crippen LogP contribution in [0.25, 0.3) is 6.08 Å². The van der Waals surface area contributed by atoms with E-state index in [1.165, 1.54) is 18.9 Å². The van der Waals surface area contributed by atoms with Crippen molar-refractivity contribution >= 4 is 46.3 Å². The average molecular weight is 414 g/mol. The zero-order valence-electron chi connectivity index (χ0n) is 15.7. The number of hydrogen-bond donors (Lipinski definition) is 0. The van der Waals surface area contributed by atoms with E-state index in [9.17, 15) is 9.59 Å². The van der Waals surface area contributed by atoms with Gasteiger partial charge in [-0.05, 0) is 49.8 Å². The van der Waals surface area contributed by atoms with Crippen molar-refractivity contribution < 1.29 is 19.1 Å². The van der Waals surface area contributed by atoms with Crippen LogP contribution in [0.15, 0.2) is 47.4 Å². The van der Waals surface area contributed by atoms with Crippen molar-refractivity contribution in [2.45, 2.75) is 13.8 Å². The molecule has 0 spiro atoms. The van der Waals surface area contributed by atoms with Crippen LogP contribution in [-0.4, -0.2) is 34.8 Å². The van der Waals surface area contributed by atoms with Gasteiger partial charge in [-0.25, -0.2) is 4.79 Å². The molecule has 1 aliphatic rings. The summed E-state index contributed by atoms with van der Waals surface area (Å²) in [7, 11) is 1.50. The summed E-state index contributed by atoms with van der Waals surface area (Å²) in [6, 6.07) is 12.3. The number of ether oxygens (including phenoxy) is 2. The van der Waals surface area contributed by atoms with E-state index in [1.807, 2.05) is 26.0 Å². The number of methoxy groups -OCH3 is 1. The highest BCUT2D eigenvalue weighted by atomic mass is 32.2. The zero-order chi connectivity index (χ0) is 20.3. The zero-order valence-corrected chi connectivity index (χ0v) is 17.4. The number of amides is 1. The molecule has 144 valence electrons. The molecule has 0 unspecified atom stereocenters. The molecule has 1 heterocycles. The van der Waals surface area contributed by atoms with Gasteiger partial charge in [0, 0.05) is 6.54 Å². The number of rotatable bonds is 5. The number of nitrogens with zero attached hydrogens (tertiary/aromatic N) is 1. The highest BCUT2D eigenvalue weighted by Crippen LogP contribution is 2.34. The minimum Gasteiger partial charge on any atom is -0.493 e. The first-order valence-electron chi connectivity index (χ1n) is 8.65. The maximum Gasteiger partial charge on any atom is 0.343 e. The summed E-state index contributed by atoms with van der Waals surface area (Å²) in [6.07, 6.45) is 1.75. The van der Waals surface area contributed by atoms with E-state index >= 15 is 0 Å². The SMILES string of the molecule is CCN1C(=O)/C(=C\c2ccc(OC(=O)c3ccc(C)cc3)c(OC)c2)SC1=S. The van der Waals surface area contributed by atoms with Crippen LogP contribution in [0.4, 0.5) is 0 Å². The number of benzene rings is 2. The van der Waals surface area contributed by atoms with Gasteiger partial charge in [0.25, 0.3) is 5.91 Å². The fourth-order valence-electron chi connectivity index (χ4n) is 2.63. The second-order valence-electron chi connectivity index (χ2n) is 6.09. The molecule has 0 bridgehead atoms. The molecule has 0 atom stereocenters. The van der Waals surface area contributed by atoms with Gasteiger partial charge >= 0.3 is 5.97 Å². The molecule has 3 rings (SSSR count). The summed E-state index contributed by atoms with van der Waals surface area (Å²) in [5, 5.41) is 0. The number of esters is 1. The van der Waals surface area contributed by atoms with Gasteiger partial charge < -0.3 is 9.47 Å². The van der Waals surface area contributed by atoms with Crippen LogP contribution in [0.5, 0.6) is 11.5 Å². The molecule has 7 heteroatoms. The molecule has 0 aromatic heterocycles. The van der Waals surface area contributed by atoms with Gasteiger partial charge in [-0.2, -0.15) is 0 Å². The lowest BCUT2D eigenvalue weighted by atomic mass is 10.1. The molecule has 0 aliphatic carbocycles. The van der Waals surface area contributed by atoms with Gasteiger partial charge in [-0.1, -0.05) is 47.7 Å². The second kappa shape index (κ2) is 8.58. The predicted molar refractivity (Wildman–Crippen MR) is 115 cm³/mol. The first-order valence-corrected chi connectivity index (χ1v) is 9.87. The van der Waals surface area contributed by atoms with E-state index < -0.39 is 5.97 Å². The molecule has 1 saturated heterocycles. The average Bonchev–Trinajstić information content (AvgIpc) is 2.95. The van der Waals surface area contributed by atoms with Crippen molar-refractivity contribution in [1.29, 1.82) is 0 Å². The van der Waals surface area contributed by atoms with Crippen LogP contribution < -0.4 is 9.47 Å². The summed E-state index contributed by atoms with van der Waals surface area (Å²) in [6.45, 7) is 4.37. The Morgan fingerprint density at radius 2 is 1.89 bits per heavy atom. The van der Waals surface area contributed by atoms with Crippen molar-refractivity contribution in [3.8, 4) is 11.5 Å². The van der Waals surface area contributed by atoms with E-state index in [2.05, 4.69) is 0 Å². The van der Waals surface area contributed by atoms with Crippen molar-refractivity contribution in [2.75, 3.05) is 13.7 Å². The Morgan fingerprint density at radius 1 is 1.18 bits per heavy atom. The minimum absolute atomic E-state index is 0.105.